The summed E-state index contributed by atoms with van der Waals surface area (Å²) in [6.45, 7) is 0. The molecule has 1 saturated carbocycles. The lowest BCUT2D eigenvalue weighted by Gasteiger charge is -2.18. The first-order chi connectivity index (χ1) is 17.1. The Hall–Kier alpha value is -3.97. The summed E-state index contributed by atoms with van der Waals surface area (Å²) in [7, 11) is 0. The van der Waals surface area contributed by atoms with E-state index in [0.29, 0.717) is 17.7 Å². The number of hydrogen-bond acceptors (Lipinski definition) is 5. The fraction of sp³-hybridized carbons (Fsp3) is 0.107. The molecular formula is C28H21BrN2O4. The fourth-order valence-corrected chi connectivity index (χ4v) is 4.74. The number of carbonyl (C=O) groups excluding carboxylic acids is 2. The zero-order chi connectivity index (χ0) is 24.3. The Morgan fingerprint density at radius 1 is 0.971 bits per heavy atom. The molecule has 6 nitrogen and oxygen atoms in total. The molecule has 7 heteroatoms. The third kappa shape index (κ3) is 4.68. The minimum Gasteiger partial charge on any atom is -0.457 e. The Balaban J connectivity index is 1.33. The van der Waals surface area contributed by atoms with Gasteiger partial charge >= 0.3 is 5.97 Å². The van der Waals surface area contributed by atoms with E-state index >= 15 is 0 Å². The Morgan fingerprint density at radius 3 is 2.29 bits per heavy atom. The quantitative estimate of drug-likeness (QED) is 0.144. The molecule has 1 aliphatic rings. The Labute approximate surface area is 210 Å². The molecule has 4 aromatic rings. The van der Waals surface area contributed by atoms with E-state index in [0.717, 1.165) is 15.6 Å². The molecule has 1 N–H and O–H groups in total. The summed E-state index contributed by atoms with van der Waals surface area (Å²) >= 11 is 3.41. The smallest absolute Gasteiger partial charge is 0.379 e. The first-order valence-corrected chi connectivity index (χ1v) is 11.9. The molecule has 0 saturated heterocycles. The van der Waals surface area contributed by atoms with Gasteiger partial charge in [-0.15, -0.1) is 0 Å². The highest BCUT2D eigenvalue weighted by molar-refractivity contribution is 9.10. The van der Waals surface area contributed by atoms with Crippen LogP contribution in [-0.4, -0.2) is 18.1 Å². The molecule has 1 aliphatic carbocycles. The maximum atomic E-state index is 13.1. The maximum absolute atomic E-state index is 13.1. The lowest BCUT2D eigenvalue weighted by Crippen LogP contribution is -2.25. The zero-order valence-corrected chi connectivity index (χ0v) is 20.1. The number of amides is 1. The highest BCUT2D eigenvalue weighted by Gasteiger charge is 2.60. The molecule has 1 atom stereocenters. The van der Waals surface area contributed by atoms with Crippen molar-refractivity contribution in [2.75, 3.05) is 0 Å². The summed E-state index contributed by atoms with van der Waals surface area (Å²) in [5, 5.41) is 4.17. The molecule has 0 spiro atoms. The largest absolute Gasteiger partial charge is 0.457 e. The second-order valence-electron chi connectivity index (χ2n) is 8.24. The summed E-state index contributed by atoms with van der Waals surface area (Å²) < 4.78 is 11.3. The second kappa shape index (κ2) is 9.72. The van der Waals surface area contributed by atoms with Gasteiger partial charge in [0.15, 0.2) is 0 Å². The molecule has 0 aliphatic heterocycles. The molecule has 3 aromatic carbocycles. The molecule has 1 heterocycles. The first kappa shape index (κ1) is 22.8. The molecule has 1 aromatic heterocycles. The topological polar surface area (TPSA) is 80.9 Å². The van der Waals surface area contributed by atoms with Crippen molar-refractivity contribution in [3.05, 3.63) is 124 Å². The van der Waals surface area contributed by atoms with Crippen molar-refractivity contribution in [1.29, 1.82) is 0 Å². The van der Waals surface area contributed by atoms with Crippen molar-refractivity contribution in [2.24, 2.45) is 11.0 Å². The summed E-state index contributed by atoms with van der Waals surface area (Å²) in [4.78, 5) is 25.4. The van der Waals surface area contributed by atoms with Crippen molar-refractivity contribution in [2.45, 2.75) is 11.8 Å². The van der Waals surface area contributed by atoms with Gasteiger partial charge in [0.05, 0.1) is 18.4 Å². The van der Waals surface area contributed by atoms with Crippen LogP contribution in [0.15, 0.2) is 111 Å². The SMILES string of the molecule is O=C(Oc1ccc(Br)cc1/C=N\NC(=O)[C@H]1CC1(c1ccccc1)c1ccccc1)c1ccco1. The van der Waals surface area contributed by atoms with E-state index in [2.05, 4.69) is 50.7 Å². The third-order valence-electron chi connectivity index (χ3n) is 6.13. The number of hydrogen-bond donors (Lipinski definition) is 1. The van der Waals surface area contributed by atoms with Crippen LogP contribution in [0.1, 0.15) is 33.7 Å². The summed E-state index contributed by atoms with van der Waals surface area (Å²) in [6.07, 6.45) is 3.56. The summed E-state index contributed by atoms with van der Waals surface area (Å²) in [6, 6.07) is 28.4. The van der Waals surface area contributed by atoms with E-state index in [9.17, 15) is 9.59 Å². The fourth-order valence-electron chi connectivity index (χ4n) is 4.36. The van der Waals surface area contributed by atoms with Crippen molar-refractivity contribution in [3.8, 4) is 5.75 Å². The van der Waals surface area contributed by atoms with E-state index < -0.39 is 5.97 Å². The van der Waals surface area contributed by atoms with E-state index in [-0.39, 0.29) is 23.0 Å². The van der Waals surface area contributed by atoms with Gasteiger partial charge in [-0.2, -0.15) is 5.10 Å². The predicted molar refractivity (Wildman–Crippen MR) is 135 cm³/mol. The minimum absolute atomic E-state index is 0.0935. The summed E-state index contributed by atoms with van der Waals surface area (Å²) in [5.74, 6) is -0.649. The number of esters is 1. The van der Waals surface area contributed by atoms with Gasteiger partial charge in [-0.1, -0.05) is 76.6 Å². The highest BCUT2D eigenvalue weighted by Crippen LogP contribution is 2.58. The van der Waals surface area contributed by atoms with Gasteiger partial charge in [-0.3, -0.25) is 4.79 Å². The van der Waals surface area contributed by atoms with Gasteiger partial charge in [0, 0.05) is 15.5 Å². The van der Waals surface area contributed by atoms with Crippen molar-refractivity contribution < 1.29 is 18.7 Å². The Bertz CT molecular complexity index is 1330. The lowest BCUT2D eigenvalue weighted by molar-refractivity contribution is -0.122. The molecule has 35 heavy (non-hydrogen) atoms. The molecular weight excluding hydrogens is 508 g/mol. The Morgan fingerprint density at radius 2 is 1.66 bits per heavy atom. The van der Waals surface area contributed by atoms with Gasteiger partial charge in [-0.25, -0.2) is 10.2 Å². The molecule has 1 amide bonds. The van der Waals surface area contributed by atoms with Crippen LogP contribution < -0.4 is 10.2 Å². The third-order valence-corrected chi connectivity index (χ3v) is 6.62. The molecule has 0 unspecified atom stereocenters. The Kier molecular flexibility index (Phi) is 6.33. The van der Waals surface area contributed by atoms with Gasteiger partial charge in [0.1, 0.15) is 5.75 Å². The van der Waals surface area contributed by atoms with Gasteiger partial charge in [0.2, 0.25) is 11.7 Å². The number of nitrogens with one attached hydrogen (secondary N) is 1. The zero-order valence-electron chi connectivity index (χ0n) is 18.6. The van der Waals surface area contributed by atoms with Gasteiger partial charge in [-0.05, 0) is 47.9 Å². The standard InChI is InChI=1S/C28H21BrN2O4/c29-22-13-14-24(35-27(33)25-12-7-15-34-25)19(16-22)18-30-31-26(32)23-17-28(23,20-8-3-1-4-9-20)21-10-5-2-6-11-21/h1-16,18,23H,17H2,(H,31,32)/b30-18-/t23-/m1/s1. The maximum Gasteiger partial charge on any atom is 0.379 e. The van der Waals surface area contributed by atoms with E-state index in [1.165, 1.54) is 18.5 Å². The number of furan rings is 1. The average Bonchev–Trinajstić information content (AvgIpc) is 3.41. The number of nitrogens with zero attached hydrogens (tertiary/aromatic N) is 1. The highest BCUT2D eigenvalue weighted by atomic mass is 79.9. The van der Waals surface area contributed by atoms with Crippen LogP contribution in [0.3, 0.4) is 0 Å². The van der Waals surface area contributed by atoms with Crippen LogP contribution in [0.5, 0.6) is 5.75 Å². The molecule has 1 fully saturated rings. The van der Waals surface area contributed by atoms with Gasteiger partial charge < -0.3 is 9.15 Å². The molecule has 0 radical (unpaired) electrons. The minimum atomic E-state index is -0.621. The lowest BCUT2D eigenvalue weighted by atomic mass is 9.85. The van der Waals surface area contributed by atoms with Crippen LogP contribution in [0.2, 0.25) is 0 Å². The molecule has 0 bridgehead atoms. The van der Waals surface area contributed by atoms with Crippen LogP contribution in [0.25, 0.3) is 0 Å². The average molecular weight is 529 g/mol. The van der Waals surface area contributed by atoms with E-state index in [4.69, 9.17) is 9.15 Å². The van der Waals surface area contributed by atoms with E-state index in [1.54, 1.807) is 24.3 Å². The number of ether oxygens (including phenoxy) is 1. The summed E-state index contributed by atoms with van der Waals surface area (Å²) in [5.41, 5.74) is 5.03. The van der Waals surface area contributed by atoms with Crippen molar-refractivity contribution in [1.82, 2.24) is 5.43 Å². The van der Waals surface area contributed by atoms with Crippen LogP contribution >= 0.6 is 15.9 Å². The van der Waals surface area contributed by atoms with Crippen LogP contribution in [-0.2, 0) is 10.2 Å². The number of carbonyl (C=O) groups is 2. The normalized spacial score (nSPS) is 16.1. The monoisotopic (exact) mass is 528 g/mol. The number of rotatable bonds is 7. The number of hydrazone groups is 1. The van der Waals surface area contributed by atoms with Crippen LogP contribution in [0, 0.1) is 5.92 Å². The number of halogens is 1. The van der Waals surface area contributed by atoms with E-state index in [1.807, 2.05) is 36.4 Å². The first-order valence-electron chi connectivity index (χ1n) is 11.1. The second-order valence-corrected chi connectivity index (χ2v) is 9.16. The number of benzene rings is 3. The van der Waals surface area contributed by atoms with Crippen molar-refractivity contribution in [3.63, 3.8) is 0 Å². The predicted octanol–water partition coefficient (Wildman–Crippen LogP) is 5.72. The van der Waals surface area contributed by atoms with Crippen LogP contribution in [0.4, 0.5) is 0 Å². The van der Waals surface area contributed by atoms with Gasteiger partial charge in [0.25, 0.3) is 0 Å². The van der Waals surface area contributed by atoms with Crippen molar-refractivity contribution >= 4 is 34.0 Å². The molecule has 5 rings (SSSR count). The molecule has 174 valence electrons.